The highest BCUT2D eigenvalue weighted by Crippen LogP contribution is 2.26. The number of nitriles is 1. The molecule has 0 bridgehead atoms. The van der Waals surface area contributed by atoms with Crippen molar-refractivity contribution in [2.75, 3.05) is 6.61 Å². The van der Waals surface area contributed by atoms with Crippen LogP contribution in [0.25, 0.3) is 11.6 Å². The number of allylic oxidation sites excluding steroid dienone is 1. The lowest BCUT2D eigenvalue weighted by atomic mass is 10.1. The van der Waals surface area contributed by atoms with Crippen molar-refractivity contribution in [3.63, 3.8) is 0 Å². The van der Waals surface area contributed by atoms with E-state index in [4.69, 9.17) is 4.74 Å². The molecule has 102 valence electrons. The summed E-state index contributed by atoms with van der Waals surface area (Å²) < 4.78 is 5.47. The summed E-state index contributed by atoms with van der Waals surface area (Å²) in [6.45, 7) is 6.55. The maximum absolute atomic E-state index is 9.33. The summed E-state index contributed by atoms with van der Waals surface area (Å²) in [7, 11) is 0. The number of ether oxygens (including phenoxy) is 1. The Kier molecular flexibility index (Phi) is 4.54. The molecule has 0 aliphatic rings. The molecule has 0 radical (unpaired) electrons. The van der Waals surface area contributed by atoms with Crippen molar-refractivity contribution in [3.8, 4) is 11.8 Å². The first-order chi connectivity index (χ1) is 9.63. The fourth-order valence-electron chi connectivity index (χ4n) is 1.76. The van der Waals surface area contributed by atoms with Crippen molar-refractivity contribution in [2.45, 2.75) is 20.8 Å². The van der Waals surface area contributed by atoms with Crippen LogP contribution in [0.15, 0.2) is 24.3 Å². The Bertz CT molecular complexity index is 661. The van der Waals surface area contributed by atoms with Crippen LogP contribution in [0.2, 0.25) is 0 Å². The molecule has 4 heteroatoms. The Hall–Kier alpha value is -2.12. The van der Waals surface area contributed by atoms with Crippen LogP contribution in [0, 0.1) is 25.2 Å². The molecule has 0 amide bonds. The summed E-state index contributed by atoms with van der Waals surface area (Å²) in [5.41, 5.74) is 2.51. The van der Waals surface area contributed by atoms with Gasteiger partial charge in [-0.15, -0.1) is 11.3 Å². The number of aryl methyl sites for hydroxylation is 2. The van der Waals surface area contributed by atoms with Crippen molar-refractivity contribution >= 4 is 23.0 Å². The average Bonchev–Trinajstić information content (AvgIpc) is 2.77. The zero-order valence-corrected chi connectivity index (χ0v) is 12.6. The molecule has 1 aromatic carbocycles. The van der Waals surface area contributed by atoms with E-state index in [1.165, 1.54) is 0 Å². The van der Waals surface area contributed by atoms with Crippen LogP contribution in [-0.2, 0) is 0 Å². The molecule has 0 unspecified atom stereocenters. The molecule has 0 N–H and O–H groups in total. The Morgan fingerprint density at radius 3 is 2.85 bits per heavy atom. The van der Waals surface area contributed by atoms with Crippen molar-refractivity contribution in [2.24, 2.45) is 0 Å². The molecule has 3 nitrogen and oxygen atoms in total. The number of hydrogen-bond acceptors (Lipinski definition) is 4. The molecular formula is C16H16N2OS. The molecule has 1 aromatic heterocycles. The van der Waals surface area contributed by atoms with Crippen molar-refractivity contribution < 1.29 is 4.74 Å². The number of rotatable bonds is 4. The third kappa shape index (κ3) is 3.25. The van der Waals surface area contributed by atoms with Gasteiger partial charge in [0, 0.05) is 4.88 Å². The van der Waals surface area contributed by atoms with E-state index in [9.17, 15) is 5.26 Å². The molecule has 0 aliphatic carbocycles. The fourth-order valence-corrected chi connectivity index (χ4v) is 2.64. The first-order valence-corrected chi connectivity index (χ1v) is 7.24. The van der Waals surface area contributed by atoms with E-state index in [-0.39, 0.29) is 0 Å². The highest BCUT2D eigenvalue weighted by atomic mass is 32.1. The standard InChI is InChI=1S/C16H16N2OS/c1-4-19-15-7-5-6-13(9-15)8-14(10-17)16-18-11(2)12(3)20-16/h5-9H,4H2,1-3H3/b14-8+. The van der Waals surface area contributed by atoms with Crippen LogP contribution in [0.1, 0.15) is 28.1 Å². The zero-order valence-electron chi connectivity index (χ0n) is 11.8. The second-order valence-electron chi connectivity index (χ2n) is 4.34. The first kappa shape index (κ1) is 14.3. The Balaban J connectivity index is 2.36. The third-order valence-electron chi connectivity index (χ3n) is 2.86. The van der Waals surface area contributed by atoms with E-state index in [0.29, 0.717) is 12.2 Å². The van der Waals surface area contributed by atoms with Crippen molar-refractivity contribution in [3.05, 3.63) is 45.4 Å². The molecule has 0 atom stereocenters. The SMILES string of the molecule is CCOc1cccc(/C=C(\C#N)c2nc(C)c(C)s2)c1. The maximum Gasteiger partial charge on any atom is 0.134 e. The van der Waals surface area contributed by atoms with Gasteiger partial charge in [0.15, 0.2) is 0 Å². The normalized spacial score (nSPS) is 11.2. The van der Waals surface area contributed by atoms with E-state index in [0.717, 1.165) is 26.9 Å². The summed E-state index contributed by atoms with van der Waals surface area (Å²) in [6.07, 6.45) is 1.85. The summed E-state index contributed by atoms with van der Waals surface area (Å²) in [5.74, 6) is 0.810. The van der Waals surface area contributed by atoms with Crippen LogP contribution in [0.3, 0.4) is 0 Å². The van der Waals surface area contributed by atoms with Gasteiger partial charge in [-0.25, -0.2) is 4.98 Å². The molecule has 0 spiro atoms. The monoisotopic (exact) mass is 284 g/mol. The Morgan fingerprint density at radius 1 is 1.45 bits per heavy atom. The molecule has 2 aromatic rings. The molecule has 2 rings (SSSR count). The molecule has 0 saturated carbocycles. The van der Waals surface area contributed by atoms with E-state index < -0.39 is 0 Å². The Labute approximate surface area is 123 Å². The second kappa shape index (κ2) is 6.36. The van der Waals surface area contributed by atoms with Crippen LogP contribution < -0.4 is 4.74 Å². The maximum atomic E-state index is 9.33. The molecule has 20 heavy (non-hydrogen) atoms. The summed E-state index contributed by atoms with van der Waals surface area (Å²) in [4.78, 5) is 5.58. The minimum atomic E-state index is 0.583. The largest absolute Gasteiger partial charge is 0.494 e. The smallest absolute Gasteiger partial charge is 0.134 e. The van der Waals surface area contributed by atoms with Gasteiger partial charge in [0.2, 0.25) is 0 Å². The predicted octanol–water partition coefficient (Wildman–Crippen LogP) is 4.22. The van der Waals surface area contributed by atoms with Gasteiger partial charge in [0.25, 0.3) is 0 Å². The fraction of sp³-hybridized carbons (Fsp3) is 0.250. The van der Waals surface area contributed by atoms with E-state index in [1.807, 2.05) is 51.1 Å². The van der Waals surface area contributed by atoms with E-state index in [1.54, 1.807) is 11.3 Å². The molecule has 0 saturated heterocycles. The average molecular weight is 284 g/mol. The van der Waals surface area contributed by atoms with Crippen LogP contribution in [0.5, 0.6) is 5.75 Å². The predicted molar refractivity (Wildman–Crippen MR) is 82.7 cm³/mol. The summed E-state index contributed by atoms with van der Waals surface area (Å²) in [6, 6.07) is 9.93. The van der Waals surface area contributed by atoms with Crippen LogP contribution in [-0.4, -0.2) is 11.6 Å². The van der Waals surface area contributed by atoms with Gasteiger partial charge in [-0.3, -0.25) is 0 Å². The number of aromatic nitrogens is 1. The van der Waals surface area contributed by atoms with Gasteiger partial charge >= 0.3 is 0 Å². The van der Waals surface area contributed by atoms with E-state index >= 15 is 0 Å². The molecule has 0 fully saturated rings. The number of hydrogen-bond donors (Lipinski definition) is 0. The quantitative estimate of drug-likeness (QED) is 0.789. The zero-order chi connectivity index (χ0) is 14.5. The topological polar surface area (TPSA) is 45.9 Å². The highest BCUT2D eigenvalue weighted by Gasteiger charge is 2.09. The third-order valence-corrected chi connectivity index (χ3v) is 3.97. The summed E-state index contributed by atoms with van der Waals surface area (Å²) >= 11 is 1.55. The number of thiazole rings is 1. The molecular weight excluding hydrogens is 268 g/mol. The lowest BCUT2D eigenvalue weighted by Gasteiger charge is -2.03. The summed E-state index contributed by atoms with van der Waals surface area (Å²) in [5, 5.41) is 10.1. The van der Waals surface area contributed by atoms with Gasteiger partial charge in [-0.2, -0.15) is 5.26 Å². The van der Waals surface area contributed by atoms with Gasteiger partial charge in [-0.1, -0.05) is 12.1 Å². The number of nitrogens with zero attached hydrogens (tertiary/aromatic N) is 2. The molecule has 1 heterocycles. The Morgan fingerprint density at radius 2 is 2.25 bits per heavy atom. The minimum Gasteiger partial charge on any atom is -0.494 e. The van der Waals surface area contributed by atoms with Gasteiger partial charge in [0.1, 0.15) is 16.8 Å². The number of benzene rings is 1. The lowest BCUT2D eigenvalue weighted by molar-refractivity contribution is 0.340. The lowest BCUT2D eigenvalue weighted by Crippen LogP contribution is -1.91. The molecule has 0 aliphatic heterocycles. The highest BCUT2D eigenvalue weighted by molar-refractivity contribution is 7.12. The van der Waals surface area contributed by atoms with Crippen LogP contribution >= 0.6 is 11.3 Å². The van der Waals surface area contributed by atoms with Gasteiger partial charge < -0.3 is 4.74 Å². The van der Waals surface area contributed by atoms with Crippen molar-refractivity contribution in [1.29, 1.82) is 5.26 Å². The first-order valence-electron chi connectivity index (χ1n) is 6.43. The van der Waals surface area contributed by atoms with Gasteiger partial charge in [0.05, 0.1) is 17.9 Å². The van der Waals surface area contributed by atoms with Crippen molar-refractivity contribution in [1.82, 2.24) is 4.98 Å². The second-order valence-corrected chi connectivity index (χ2v) is 5.54. The minimum absolute atomic E-state index is 0.583. The van der Waals surface area contributed by atoms with Gasteiger partial charge in [-0.05, 0) is 44.5 Å². The van der Waals surface area contributed by atoms with E-state index in [2.05, 4.69) is 11.1 Å². The van der Waals surface area contributed by atoms with Crippen LogP contribution in [0.4, 0.5) is 0 Å².